The van der Waals surface area contributed by atoms with Gasteiger partial charge < -0.3 is 0 Å². The summed E-state index contributed by atoms with van der Waals surface area (Å²) in [6, 6.07) is 8.47. The molecular weight excluding hydrogens is 205 g/mol. The lowest BCUT2D eigenvalue weighted by atomic mass is 10.0. The van der Waals surface area contributed by atoms with Gasteiger partial charge in [0.15, 0.2) is 0 Å². The molecule has 1 aromatic carbocycles. The standard InChI is InChI=1S/C13H10FNO/c1-9-2-3-10(6-12(9)8-16)11-4-5-13(14)15-7-11/h2-8H,1H3. The first-order chi connectivity index (χ1) is 7.70. The van der Waals surface area contributed by atoms with E-state index in [1.807, 2.05) is 19.1 Å². The predicted molar refractivity (Wildman–Crippen MR) is 59.8 cm³/mol. The minimum absolute atomic E-state index is 0.508. The van der Waals surface area contributed by atoms with Crippen molar-refractivity contribution in [3.63, 3.8) is 0 Å². The first-order valence-corrected chi connectivity index (χ1v) is 4.88. The van der Waals surface area contributed by atoms with Crippen LogP contribution in [-0.2, 0) is 0 Å². The molecule has 0 saturated heterocycles. The molecule has 0 amide bonds. The van der Waals surface area contributed by atoms with Crippen LogP contribution in [0.3, 0.4) is 0 Å². The Hall–Kier alpha value is -2.03. The number of aldehydes is 1. The SMILES string of the molecule is Cc1ccc(-c2ccc(F)nc2)cc1C=O. The predicted octanol–water partition coefficient (Wildman–Crippen LogP) is 3.01. The fourth-order valence-electron chi connectivity index (χ4n) is 1.49. The topological polar surface area (TPSA) is 30.0 Å². The van der Waals surface area contributed by atoms with Crippen LogP contribution >= 0.6 is 0 Å². The van der Waals surface area contributed by atoms with Crippen LogP contribution in [0.5, 0.6) is 0 Å². The Labute approximate surface area is 92.8 Å². The number of carbonyl (C=O) groups is 1. The number of aryl methyl sites for hydroxylation is 1. The average Bonchev–Trinajstić information content (AvgIpc) is 2.31. The maximum atomic E-state index is 12.6. The molecule has 0 aliphatic heterocycles. The highest BCUT2D eigenvalue weighted by Gasteiger charge is 2.02. The molecule has 0 fully saturated rings. The van der Waals surface area contributed by atoms with Gasteiger partial charge in [-0.15, -0.1) is 0 Å². The Bertz CT molecular complexity index is 520. The van der Waals surface area contributed by atoms with Gasteiger partial charge in [-0.25, -0.2) is 4.98 Å². The smallest absolute Gasteiger partial charge is 0.212 e. The molecule has 0 aliphatic rings. The zero-order valence-electron chi connectivity index (χ0n) is 8.77. The summed E-state index contributed by atoms with van der Waals surface area (Å²) in [6.45, 7) is 1.87. The third-order valence-electron chi connectivity index (χ3n) is 2.47. The Balaban J connectivity index is 2.48. The van der Waals surface area contributed by atoms with Crippen LogP contribution in [0.4, 0.5) is 4.39 Å². The Morgan fingerprint density at radius 1 is 1.19 bits per heavy atom. The van der Waals surface area contributed by atoms with Crippen LogP contribution in [0.25, 0.3) is 11.1 Å². The molecule has 16 heavy (non-hydrogen) atoms. The minimum atomic E-state index is -0.508. The van der Waals surface area contributed by atoms with E-state index in [1.165, 1.54) is 12.3 Å². The fraction of sp³-hybridized carbons (Fsp3) is 0.0769. The van der Waals surface area contributed by atoms with Crippen molar-refractivity contribution in [1.29, 1.82) is 0 Å². The molecular formula is C13H10FNO. The minimum Gasteiger partial charge on any atom is -0.298 e. The number of pyridine rings is 1. The van der Waals surface area contributed by atoms with Gasteiger partial charge in [-0.05, 0) is 36.2 Å². The van der Waals surface area contributed by atoms with E-state index in [1.54, 1.807) is 12.1 Å². The Morgan fingerprint density at radius 2 is 1.94 bits per heavy atom. The van der Waals surface area contributed by atoms with Gasteiger partial charge in [-0.1, -0.05) is 12.1 Å². The van der Waals surface area contributed by atoms with Gasteiger partial charge in [0.05, 0.1) is 0 Å². The van der Waals surface area contributed by atoms with Crippen molar-refractivity contribution in [2.75, 3.05) is 0 Å². The van der Waals surface area contributed by atoms with Crippen molar-refractivity contribution < 1.29 is 9.18 Å². The molecule has 0 radical (unpaired) electrons. The second-order valence-electron chi connectivity index (χ2n) is 3.56. The molecule has 1 heterocycles. The lowest BCUT2D eigenvalue weighted by Crippen LogP contribution is -1.89. The summed E-state index contributed by atoms with van der Waals surface area (Å²) in [5.74, 6) is -0.508. The summed E-state index contributed by atoms with van der Waals surface area (Å²) in [5, 5.41) is 0. The molecule has 1 aromatic heterocycles. The van der Waals surface area contributed by atoms with E-state index < -0.39 is 5.95 Å². The lowest BCUT2D eigenvalue weighted by molar-refractivity contribution is 0.112. The largest absolute Gasteiger partial charge is 0.298 e. The van der Waals surface area contributed by atoms with Gasteiger partial charge in [0, 0.05) is 17.3 Å². The first-order valence-electron chi connectivity index (χ1n) is 4.88. The Kier molecular flexibility index (Phi) is 2.77. The van der Waals surface area contributed by atoms with Gasteiger partial charge in [0.25, 0.3) is 0 Å². The molecule has 80 valence electrons. The van der Waals surface area contributed by atoms with Crippen molar-refractivity contribution in [2.45, 2.75) is 6.92 Å². The number of hydrogen-bond donors (Lipinski definition) is 0. The average molecular weight is 215 g/mol. The van der Waals surface area contributed by atoms with Gasteiger partial charge in [0.2, 0.25) is 5.95 Å². The van der Waals surface area contributed by atoms with Crippen LogP contribution in [0.2, 0.25) is 0 Å². The monoisotopic (exact) mass is 215 g/mol. The lowest BCUT2D eigenvalue weighted by Gasteiger charge is -2.04. The van der Waals surface area contributed by atoms with E-state index in [0.717, 1.165) is 23.0 Å². The molecule has 2 rings (SSSR count). The van der Waals surface area contributed by atoms with E-state index in [2.05, 4.69) is 4.98 Å². The second-order valence-corrected chi connectivity index (χ2v) is 3.56. The van der Waals surface area contributed by atoms with Gasteiger partial charge in [0.1, 0.15) is 6.29 Å². The molecule has 2 nitrogen and oxygen atoms in total. The van der Waals surface area contributed by atoms with Crippen molar-refractivity contribution in [3.8, 4) is 11.1 Å². The highest BCUT2D eigenvalue weighted by molar-refractivity contribution is 5.80. The summed E-state index contributed by atoms with van der Waals surface area (Å²) in [6.07, 6.45) is 2.27. The summed E-state index contributed by atoms with van der Waals surface area (Å²) in [7, 11) is 0. The number of hydrogen-bond acceptors (Lipinski definition) is 2. The number of rotatable bonds is 2. The molecule has 3 heteroatoms. The fourth-order valence-corrected chi connectivity index (χ4v) is 1.49. The summed E-state index contributed by atoms with van der Waals surface area (Å²) >= 11 is 0. The number of aromatic nitrogens is 1. The van der Waals surface area contributed by atoms with Crippen LogP contribution in [0, 0.1) is 12.9 Å². The van der Waals surface area contributed by atoms with Crippen LogP contribution in [0.15, 0.2) is 36.5 Å². The summed E-state index contributed by atoms with van der Waals surface area (Å²) in [5.41, 5.74) is 3.22. The van der Waals surface area contributed by atoms with Crippen molar-refractivity contribution in [1.82, 2.24) is 4.98 Å². The van der Waals surface area contributed by atoms with Gasteiger partial charge in [-0.2, -0.15) is 4.39 Å². The molecule has 2 aromatic rings. The van der Waals surface area contributed by atoms with E-state index in [0.29, 0.717) is 5.56 Å². The highest BCUT2D eigenvalue weighted by Crippen LogP contribution is 2.20. The molecule has 0 spiro atoms. The van der Waals surface area contributed by atoms with E-state index in [-0.39, 0.29) is 0 Å². The number of benzene rings is 1. The molecule has 0 unspecified atom stereocenters. The van der Waals surface area contributed by atoms with Crippen molar-refractivity contribution >= 4 is 6.29 Å². The zero-order valence-corrected chi connectivity index (χ0v) is 8.77. The van der Waals surface area contributed by atoms with Gasteiger partial charge in [-0.3, -0.25) is 4.79 Å². The van der Waals surface area contributed by atoms with Crippen LogP contribution in [0.1, 0.15) is 15.9 Å². The number of nitrogens with zero attached hydrogens (tertiary/aromatic N) is 1. The van der Waals surface area contributed by atoms with Crippen LogP contribution in [-0.4, -0.2) is 11.3 Å². The zero-order chi connectivity index (χ0) is 11.5. The highest BCUT2D eigenvalue weighted by atomic mass is 19.1. The van der Waals surface area contributed by atoms with E-state index >= 15 is 0 Å². The summed E-state index contributed by atoms with van der Waals surface area (Å²) < 4.78 is 12.6. The normalized spacial score (nSPS) is 10.1. The van der Waals surface area contributed by atoms with E-state index in [9.17, 15) is 9.18 Å². The quantitative estimate of drug-likeness (QED) is 0.569. The van der Waals surface area contributed by atoms with Crippen molar-refractivity contribution in [3.05, 3.63) is 53.6 Å². The number of carbonyl (C=O) groups excluding carboxylic acids is 1. The molecule has 0 N–H and O–H groups in total. The molecule has 0 atom stereocenters. The first kappa shape index (κ1) is 10.5. The number of halogens is 1. The van der Waals surface area contributed by atoms with Gasteiger partial charge >= 0.3 is 0 Å². The second kappa shape index (κ2) is 4.23. The molecule has 0 saturated carbocycles. The molecule has 0 bridgehead atoms. The molecule has 0 aliphatic carbocycles. The Morgan fingerprint density at radius 3 is 2.56 bits per heavy atom. The maximum Gasteiger partial charge on any atom is 0.212 e. The third-order valence-corrected chi connectivity index (χ3v) is 2.47. The van der Waals surface area contributed by atoms with Crippen LogP contribution < -0.4 is 0 Å². The van der Waals surface area contributed by atoms with Crippen molar-refractivity contribution in [2.24, 2.45) is 0 Å². The third kappa shape index (κ3) is 1.98. The summed E-state index contributed by atoms with van der Waals surface area (Å²) in [4.78, 5) is 14.4. The van der Waals surface area contributed by atoms with E-state index in [4.69, 9.17) is 0 Å². The maximum absolute atomic E-state index is 12.6.